The molecule has 2 N–H and O–H groups in total. The van der Waals surface area contributed by atoms with Gasteiger partial charge in [-0.25, -0.2) is 0 Å². The van der Waals surface area contributed by atoms with Crippen LogP contribution in [0.5, 0.6) is 5.75 Å². The van der Waals surface area contributed by atoms with Gasteiger partial charge in [-0.3, -0.25) is 14.5 Å². The molecule has 0 bridgehead atoms. The van der Waals surface area contributed by atoms with Crippen molar-refractivity contribution < 1.29 is 19.4 Å². The Morgan fingerprint density at radius 1 is 1.33 bits per heavy atom. The number of benzene rings is 1. The fraction of sp³-hybridized carbons (Fsp3) is 0.529. The van der Waals surface area contributed by atoms with E-state index in [0.717, 1.165) is 16.9 Å². The predicted molar refractivity (Wildman–Crippen MR) is 93.9 cm³/mol. The molecule has 0 saturated carbocycles. The van der Waals surface area contributed by atoms with E-state index < -0.39 is 5.97 Å². The van der Waals surface area contributed by atoms with Gasteiger partial charge in [0.05, 0.1) is 19.0 Å². The van der Waals surface area contributed by atoms with E-state index in [1.165, 1.54) is 0 Å². The van der Waals surface area contributed by atoms with Gasteiger partial charge in [-0.2, -0.15) is 0 Å². The van der Waals surface area contributed by atoms with Gasteiger partial charge in [-0.1, -0.05) is 18.2 Å². The van der Waals surface area contributed by atoms with Crippen LogP contribution < -0.4 is 10.1 Å². The van der Waals surface area contributed by atoms with Crippen molar-refractivity contribution in [1.29, 1.82) is 0 Å². The molecule has 0 aromatic heterocycles. The molecule has 134 valence electrons. The first-order chi connectivity index (χ1) is 11.0. The number of nitrogens with one attached hydrogen (secondary N) is 1. The summed E-state index contributed by atoms with van der Waals surface area (Å²) in [5.41, 5.74) is 2.15. The van der Waals surface area contributed by atoms with E-state index in [2.05, 4.69) is 5.32 Å². The first kappa shape index (κ1) is 20.3. The number of carboxylic acids is 1. The molecule has 1 aromatic rings. The van der Waals surface area contributed by atoms with Crippen LogP contribution in [0.25, 0.3) is 0 Å². The number of ether oxygens (including phenoxy) is 1. The number of halogens is 1. The van der Waals surface area contributed by atoms with Gasteiger partial charge < -0.3 is 15.2 Å². The van der Waals surface area contributed by atoms with Crippen molar-refractivity contribution in [2.45, 2.75) is 20.3 Å². The molecule has 1 amide bonds. The molecule has 0 radical (unpaired) electrons. The molecule has 1 unspecified atom stereocenters. The Morgan fingerprint density at radius 2 is 2.00 bits per heavy atom. The molecule has 0 aliphatic carbocycles. The molecule has 2 rings (SSSR count). The fourth-order valence-corrected chi connectivity index (χ4v) is 2.81. The van der Waals surface area contributed by atoms with Crippen LogP contribution in [0.1, 0.15) is 17.5 Å². The lowest BCUT2D eigenvalue weighted by Crippen LogP contribution is -2.38. The molecule has 7 heteroatoms. The maximum absolute atomic E-state index is 11.9. The maximum atomic E-state index is 11.9. The van der Waals surface area contributed by atoms with Crippen molar-refractivity contribution in [3.63, 3.8) is 0 Å². The summed E-state index contributed by atoms with van der Waals surface area (Å²) >= 11 is 0. The number of amides is 1. The maximum Gasteiger partial charge on any atom is 0.307 e. The number of carbonyl (C=O) groups excluding carboxylic acids is 1. The zero-order valence-corrected chi connectivity index (χ0v) is 14.9. The highest BCUT2D eigenvalue weighted by Gasteiger charge is 2.28. The van der Waals surface area contributed by atoms with E-state index in [-0.39, 0.29) is 30.8 Å². The summed E-state index contributed by atoms with van der Waals surface area (Å²) in [7, 11) is 0. The number of nitrogens with zero attached hydrogens (tertiary/aromatic N) is 1. The average Bonchev–Trinajstić information content (AvgIpc) is 2.94. The number of para-hydroxylation sites is 1. The van der Waals surface area contributed by atoms with Crippen LogP contribution in [0, 0.1) is 19.8 Å². The lowest BCUT2D eigenvalue weighted by Gasteiger charge is -2.15. The quantitative estimate of drug-likeness (QED) is 0.726. The zero-order valence-electron chi connectivity index (χ0n) is 14.1. The number of carboxylic acid groups (broad SMARTS) is 1. The molecule has 6 nitrogen and oxygen atoms in total. The second-order valence-corrected chi connectivity index (χ2v) is 5.98. The standard InChI is InChI=1S/C17H24N2O4.ClH/c1-12-4-3-5-13(2)16(12)23-9-7-18-15(20)11-19-8-6-14(10-19)17(21)22;/h3-5,14H,6-11H2,1-2H3,(H,18,20)(H,21,22);1H. The summed E-state index contributed by atoms with van der Waals surface area (Å²) in [6.07, 6.45) is 0.609. The molecule has 1 aliphatic heterocycles. The Labute approximate surface area is 148 Å². The van der Waals surface area contributed by atoms with Gasteiger partial charge >= 0.3 is 5.97 Å². The van der Waals surface area contributed by atoms with Gasteiger partial charge in [-0.05, 0) is 37.9 Å². The van der Waals surface area contributed by atoms with Crippen molar-refractivity contribution in [1.82, 2.24) is 10.2 Å². The molecule has 1 aliphatic rings. The fourth-order valence-electron chi connectivity index (χ4n) is 2.81. The largest absolute Gasteiger partial charge is 0.491 e. The van der Waals surface area contributed by atoms with E-state index in [1.807, 2.05) is 36.9 Å². The van der Waals surface area contributed by atoms with Crippen molar-refractivity contribution in [2.24, 2.45) is 5.92 Å². The third-order valence-corrected chi connectivity index (χ3v) is 4.07. The summed E-state index contributed by atoms with van der Waals surface area (Å²) in [6.45, 7) is 6.18. The van der Waals surface area contributed by atoms with Crippen LogP contribution >= 0.6 is 12.4 Å². The molecule has 1 saturated heterocycles. The highest BCUT2D eigenvalue weighted by atomic mass is 35.5. The van der Waals surface area contributed by atoms with Gasteiger partial charge in [0.15, 0.2) is 0 Å². The number of aryl methyl sites for hydroxylation is 2. The van der Waals surface area contributed by atoms with Crippen molar-refractivity contribution in [2.75, 3.05) is 32.8 Å². The van der Waals surface area contributed by atoms with Crippen LogP contribution in [0.15, 0.2) is 18.2 Å². The topological polar surface area (TPSA) is 78.9 Å². The number of hydrogen-bond acceptors (Lipinski definition) is 4. The minimum Gasteiger partial charge on any atom is -0.491 e. The summed E-state index contributed by atoms with van der Waals surface area (Å²) in [4.78, 5) is 24.6. The normalized spacial score (nSPS) is 17.2. The second-order valence-electron chi connectivity index (χ2n) is 5.98. The minimum atomic E-state index is -0.782. The van der Waals surface area contributed by atoms with Gasteiger partial charge in [-0.15, -0.1) is 12.4 Å². The first-order valence-electron chi connectivity index (χ1n) is 7.88. The van der Waals surface area contributed by atoms with Gasteiger partial charge in [0.2, 0.25) is 5.91 Å². The highest BCUT2D eigenvalue weighted by Crippen LogP contribution is 2.21. The highest BCUT2D eigenvalue weighted by molar-refractivity contribution is 5.85. The summed E-state index contributed by atoms with van der Waals surface area (Å²) in [5, 5.41) is 11.8. The number of hydrogen-bond donors (Lipinski definition) is 2. The van der Waals surface area contributed by atoms with Crippen LogP contribution in [0.3, 0.4) is 0 Å². The Balaban J connectivity index is 0.00000288. The van der Waals surface area contributed by atoms with Crippen molar-refractivity contribution in [3.8, 4) is 5.75 Å². The Hall–Kier alpha value is -1.79. The van der Waals surface area contributed by atoms with E-state index in [9.17, 15) is 9.59 Å². The van der Waals surface area contributed by atoms with Crippen molar-refractivity contribution in [3.05, 3.63) is 29.3 Å². The lowest BCUT2D eigenvalue weighted by molar-refractivity contribution is -0.141. The number of aliphatic carboxylic acids is 1. The smallest absolute Gasteiger partial charge is 0.307 e. The molecular formula is C17H25ClN2O4. The number of likely N-dealkylation sites (tertiary alicyclic amines) is 1. The average molecular weight is 357 g/mol. The molecule has 1 atom stereocenters. The molecular weight excluding hydrogens is 332 g/mol. The second kappa shape index (κ2) is 9.49. The summed E-state index contributed by atoms with van der Waals surface area (Å²) in [6, 6.07) is 5.97. The minimum absolute atomic E-state index is 0. The predicted octanol–water partition coefficient (Wildman–Crippen LogP) is 1.63. The van der Waals surface area contributed by atoms with E-state index in [1.54, 1.807) is 0 Å². The summed E-state index contributed by atoms with van der Waals surface area (Å²) in [5.74, 6) is -0.364. The third-order valence-electron chi connectivity index (χ3n) is 4.07. The van der Waals surface area contributed by atoms with Crippen molar-refractivity contribution >= 4 is 24.3 Å². The van der Waals surface area contributed by atoms with Crippen LogP contribution in [-0.4, -0.2) is 54.7 Å². The van der Waals surface area contributed by atoms with Gasteiger partial charge in [0, 0.05) is 6.54 Å². The first-order valence-corrected chi connectivity index (χ1v) is 7.88. The van der Waals surface area contributed by atoms with E-state index in [0.29, 0.717) is 32.7 Å². The molecule has 0 spiro atoms. The monoisotopic (exact) mass is 356 g/mol. The van der Waals surface area contributed by atoms with E-state index >= 15 is 0 Å². The number of rotatable bonds is 7. The van der Waals surface area contributed by atoms with Gasteiger partial charge in [0.1, 0.15) is 12.4 Å². The third kappa shape index (κ3) is 5.69. The molecule has 1 fully saturated rings. The van der Waals surface area contributed by atoms with Gasteiger partial charge in [0.25, 0.3) is 0 Å². The SMILES string of the molecule is Cc1cccc(C)c1OCCNC(=O)CN1CCC(C(=O)O)C1.Cl. The Morgan fingerprint density at radius 3 is 2.58 bits per heavy atom. The van der Waals surface area contributed by atoms with E-state index in [4.69, 9.17) is 9.84 Å². The van der Waals surface area contributed by atoms with Crippen LogP contribution in [0.2, 0.25) is 0 Å². The van der Waals surface area contributed by atoms with Crippen LogP contribution in [0.4, 0.5) is 0 Å². The molecule has 1 heterocycles. The molecule has 24 heavy (non-hydrogen) atoms. The zero-order chi connectivity index (χ0) is 16.8. The Kier molecular flexibility index (Phi) is 8.01. The lowest BCUT2D eigenvalue weighted by atomic mass is 10.1. The summed E-state index contributed by atoms with van der Waals surface area (Å²) < 4.78 is 5.73. The number of carbonyl (C=O) groups is 2. The Bertz CT molecular complexity index is 559. The molecule has 1 aromatic carbocycles. The van der Waals surface area contributed by atoms with Crippen LogP contribution in [-0.2, 0) is 9.59 Å².